The van der Waals surface area contributed by atoms with Crippen molar-refractivity contribution in [3.05, 3.63) is 0 Å². The summed E-state index contributed by atoms with van der Waals surface area (Å²) in [6.07, 6.45) is 1.31. The van der Waals surface area contributed by atoms with Crippen LogP contribution in [0.3, 0.4) is 0 Å². The third-order valence-electron chi connectivity index (χ3n) is 3.40. The Balaban J connectivity index is 1.80. The van der Waals surface area contributed by atoms with E-state index in [1.54, 1.807) is 4.90 Å². The maximum atomic E-state index is 11.9. The summed E-state index contributed by atoms with van der Waals surface area (Å²) in [5.41, 5.74) is 0. The number of aliphatic hydroxyl groups is 1. The molecule has 0 aromatic carbocycles. The van der Waals surface area contributed by atoms with E-state index in [1.807, 2.05) is 6.92 Å². The topological polar surface area (TPSA) is 61.8 Å². The van der Waals surface area contributed by atoms with Gasteiger partial charge in [-0.1, -0.05) is 6.92 Å². The van der Waals surface area contributed by atoms with E-state index in [0.717, 1.165) is 13.0 Å². The van der Waals surface area contributed by atoms with Crippen LogP contribution in [0.15, 0.2) is 0 Å². The zero-order valence-corrected chi connectivity index (χ0v) is 9.69. The standard InChI is InChI=1S/C11H20N2O3/c1-8-6-13(4-2-10(8)14)11(15)12-9-3-5-16-7-9/h8-10,14H,2-7H2,1H3,(H,12,15). The summed E-state index contributed by atoms with van der Waals surface area (Å²) in [6, 6.07) is 0.143. The normalized spacial score (nSPS) is 35.1. The van der Waals surface area contributed by atoms with Crippen LogP contribution in [-0.2, 0) is 4.74 Å². The minimum Gasteiger partial charge on any atom is -0.393 e. The fourth-order valence-corrected chi connectivity index (χ4v) is 2.23. The number of hydrogen-bond acceptors (Lipinski definition) is 3. The molecule has 2 heterocycles. The lowest BCUT2D eigenvalue weighted by atomic mass is 9.97. The Kier molecular flexibility index (Phi) is 3.66. The number of aliphatic hydroxyl groups excluding tert-OH is 1. The van der Waals surface area contributed by atoms with Gasteiger partial charge in [0.05, 0.1) is 18.8 Å². The van der Waals surface area contributed by atoms with Gasteiger partial charge in [-0.2, -0.15) is 0 Å². The van der Waals surface area contributed by atoms with Gasteiger partial charge in [-0.25, -0.2) is 4.79 Å². The molecule has 0 bridgehead atoms. The zero-order chi connectivity index (χ0) is 11.5. The number of amides is 2. The molecule has 2 N–H and O–H groups in total. The Morgan fingerprint density at radius 1 is 1.50 bits per heavy atom. The number of ether oxygens (including phenoxy) is 1. The number of urea groups is 1. The van der Waals surface area contributed by atoms with Gasteiger partial charge in [0, 0.05) is 19.7 Å². The van der Waals surface area contributed by atoms with E-state index < -0.39 is 0 Å². The molecule has 5 nitrogen and oxygen atoms in total. The number of nitrogens with zero attached hydrogens (tertiary/aromatic N) is 1. The first kappa shape index (κ1) is 11.7. The van der Waals surface area contributed by atoms with Gasteiger partial charge in [0.2, 0.25) is 0 Å². The number of rotatable bonds is 1. The Bertz CT molecular complexity index is 254. The number of carbonyl (C=O) groups excluding carboxylic acids is 1. The van der Waals surface area contributed by atoms with Crippen molar-refractivity contribution in [2.24, 2.45) is 5.92 Å². The molecule has 16 heavy (non-hydrogen) atoms. The quantitative estimate of drug-likeness (QED) is 0.673. The molecule has 5 heteroatoms. The Morgan fingerprint density at radius 2 is 2.31 bits per heavy atom. The van der Waals surface area contributed by atoms with Crippen LogP contribution in [-0.4, -0.2) is 54.5 Å². The predicted molar refractivity (Wildman–Crippen MR) is 59.1 cm³/mol. The van der Waals surface area contributed by atoms with Crippen molar-refractivity contribution in [2.45, 2.75) is 31.9 Å². The van der Waals surface area contributed by atoms with Gasteiger partial charge in [0.15, 0.2) is 0 Å². The van der Waals surface area contributed by atoms with Gasteiger partial charge in [-0.3, -0.25) is 0 Å². The van der Waals surface area contributed by atoms with Crippen LogP contribution in [0.4, 0.5) is 4.79 Å². The second-order valence-electron chi connectivity index (χ2n) is 4.79. The first-order chi connectivity index (χ1) is 7.66. The molecule has 0 saturated carbocycles. The molecule has 2 aliphatic rings. The van der Waals surface area contributed by atoms with Gasteiger partial charge in [-0.05, 0) is 18.8 Å². The average Bonchev–Trinajstić information content (AvgIpc) is 2.74. The highest BCUT2D eigenvalue weighted by atomic mass is 16.5. The molecule has 0 aromatic rings. The lowest BCUT2D eigenvalue weighted by molar-refractivity contribution is 0.0474. The fraction of sp³-hybridized carbons (Fsp3) is 0.909. The van der Waals surface area contributed by atoms with Gasteiger partial charge < -0.3 is 20.1 Å². The molecule has 0 spiro atoms. The number of nitrogens with one attached hydrogen (secondary N) is 1. The molecular formula is C11H20N2O3. The van der Waals surface area contributed by atoms with Crippen molar-refractivity contribution < 1.29 is 14.6 Å². The first-order valence-corrected chi connectivity index (χ1v) is 5.98. The van der Waals surface area contributed by atoms with Gasteiger partial charge in [0.1, 0.15) is 0 Å². The average molecular weight is 228 g/mol. The van der Waals surface area contributed by atoms with E-state index >= 15 is 0 Å². The highest BCUT2D eigenvalue weighted by molar-refractivity contribution is 5.74. The SMILES string of the molecule is CC1CN(C(=O)NC2CCOC2)CCC1O. The first-order valence-electron chi connectivity index (χ1n) is 5.98. The van der Waals surface area contributed by atoms with E-state index in [-0.39, 0.29) is 24.1 Å². The number of carbonyl (C=O) groups is 1. The van der Waals surface area contributed by atoms with Crippen LogP contribution in [0.5, 0.6) is 0 Å². The van der Waals surface area contributed by atoms with E-state index in [0.29, 0.717) is 26.1 Å². The molecule has 3 atom stereocenters. The molecule has 2 aliphatic heterocycles. The third-order valence-corrected chi connectivity index (χ3v) is 3.40. The molecule has 2 amide bonds. The smallest absolute Gasteiger partial charge is 0.317 e. The van der Waals surface area contributed by atoms with Crippen molar-refractivity contribution in [3.8, 4) is 0 Å². The Morgan fingerprint density at radius 3 is 2.94 bits per heavy atom. The van der Waals surface area contributed by atoms with Crippen molar-refractivity contribution in [1.82, 2.24) is 10.2 Å². The van der Waals surface area contributed by atoms with Gasteiger partial charge >= 0.3 is 6.03 Å². The Hall–Kier alpha value is -0.810. The van der Waals surface area contributed by atoms with Crippen LogP contribution >= 0.6 is 0 Å². The second kappa shape index (κ2) is 5.01. The molecule has 3 unspecified atom stereocenters. The molecule has 92 valence electrons. The van der Waals surface area contributed by atoms with Crippen molar-refractivity contribution in [3.63, 3.8) is 0 Å². The lowest BCUT2D eigenvalue weighted by Crippen LogP contribution is -2.51. The second-order valence-corrected chi connectivity index (χ2v) is 4.79. The van der Waals surface area contributed by atoms with Crippen LogP contribution < -0.4 is 5.32 Å². The largest absolute Gasteiger partial charge is 0.393 e. The van der Waals surface area contributed by atoms with Crippen molar-refractivity contribution in [1.29, 1.82) is 0 Å². The summed E-state index contributed by atoms with van der Waals surface area (Å²) >= 11 is 0. The molecule has 2 rings (SSSR count). The minimum absolute atomic E-state index is 0.0192. The minimum atomic E-state index is -0.265. The molecule has 2 saturated heterocycles. The van der Waals surface area contributed by atoms with Crippen LogP contribution in [0.25, 0.3) is 0 Å². The highest BCUT2D eigenvalue weighted by Gasteiger charge is 2.28. The van der Waals surface area contributed by atoms with E-state index in [9.17, 15) is 9.90 Å². The van der Waals surface area contributed by atoms with Crippen LogP contribution in [0.2, 0.25) is 0 Å². The maximum absolute atomic E-state index is 11.9. The van der Waals surface area contributed by atoms with Crippen LogP contribution in [0, 0.1) is 5.92 Å². The molecule has 2 fully saturated rings. The number of hydrogen-bond donors (Lipinski definition) is 2. The summed E-state index contributed by atoms with van der Waals surface area (Å²) in [6.45, 7) is 4.62. The summed E-state index contributed by atoms with van der Waals surface area (Å²) in [5.74, 6) is 0.166. The van der Waals surface area contributed by atoms with E-state index in [1.165, 1.54) is 0 Å². The Labute approximate surface area is 95.8 Å². The summed E-state index contributed by atoms with van der Waals surface area (Å²) in [7, 11) is 0. The lowest BCUT2D eigenvalue weighted by Gasteiger charge is -2.34. The highest BCUT2D eigenvalue weighted by Crippen LogP contribution is 2.16. The summed E-state index contributed by atoms with van der Waals surface area (Å²) < 4.78 is 5.21. The fourth-order valence-electron chi connectivity index (χ4n) is 2.23. The predicted octanol–water partition coefficient (Wildman–Crippen LogP) is 0.188. The molecule has 0 aromatic heterocycles. The molecular weight excluding hydrogens is 208 g/mol. The summed E-state index contributed by atoms with van der Waals surface area (Å²) in [5, 5.41) is 12.5. The molecule has 0 aliphatic carbocycles. The zero-order valence-electron chi connectivity index (χ0n) is 9.69. The van der Waals surface area contributed by atoms with E-state index in [4.69, 9.17) is 4.74 Å². The summed E-state index contributed by atoms with van der Waals surface area (Å²) in [4.78, 5) is 13.7. The van der Waals surface area contributed by atoms with Crippen molar-refractivity contribution in [2.75, 3.05) is 26.3 Å². The third kappa shape index (κ3) is 2.65. The van der Waals surface area contributed by atoms with Crippen LogP contribution in [0.1, 0.15) is 19.8 Å². The maximum Gasteiger partial charge on any atom is 0.317 e. The van der Waals surface area contributed by atoms with Crippen molar-refractivity contribution >= 4 is 6.03 Å². The van der Waals surface area contributed by atoms with Gasteiger partial charge in [0.25, 0.3) is 0 Å². The number of likely N-dealkylation sites (tertiary alicyclic amines) is 1. The molecule has 0 radical (unpaired) electrons. The number of piperidine rings is 1. The monoisotopic (exact) mass is 228 g/mol. The van der Waals surface area contributed by atoms with E-state index in [2.05, 4.69) is 5.32 Å². The van der Waals surface area contributed by atoms with Gasteiger partial charge in [-0.15, -0.1) is 0 Å².